The molecule has 0 nitrogen and oxygen atoms in total. The summed E-state index contributed by atoms with van der Waals surface area (Å²) >= 11 is 11.8. The Bertz CT molecular complexity index is 262. The van der Waals surface area contributed by atoms with E-state index < -0.39 is 6.69 Å². The average Bonchev–Trinajstić information content (AvgIpc) is 2.02. The lowest BCUT2D eigenvalue weighted by Gasteiger charge is -2.01. The fourth-order valence-electron chi connectivity index (χ4n) is 0.807. The minimum atomic E-state index is -2.08. The standard InChI is InChI=1S/C9H10Cl2Si/c1-12(10,11)8-7-9-5-3-2-4-6-9/h2-8H,1H3. The Balaban J connectivity index is 2.71. The predicted molar refractivity (Wildman–Crippen MR) is 58.8 cm³/mol. The lowest BCUT2D eigenvalue weighted by Crippen LogP contribution is -2.07. The van der Waals surface area contributed by atoms with E-state index in [1.165, 1.54) is 0 Å². The topological polar surface area (TPSA) is 0 Å². The molecule has 1 aromatic carbocycles. The highest BCUT2D eigenvalue weighted by molar-refractivity contribution is 7.47. The molecule has 0 aliphatic rings. The molecular weight excluding hydrogens is 207 g/mol. The van der Waals surface area contributed by atoms with Crippen LogP contribution in [0.3, 0.4) is 0 Å². The highest BCUT2D eigenvalue weighted by atomic mass is 35.7. The van der Waals surface area contributed by atoms with Gasteiger partial charge in [-0.2, -0.15) is 0 Å². The second-order valence-corrected chi connectivity index (χ2v) is 10.2. The maximum Gasteiger partial charge on any atom is 0.270 e. The quantitative estimate of drug-likeness (QED) is 0.522. The largest absolute Gasteiger partial charge is 0.270 e. The second-order valence-electron chi connectivity index (χ2n) is 2.70. The lowest BCUT2D eigenvalue weighted by atomic mass is 10.2. The van der Waals surface area contributed by atoms with Crippen LogP contribution < -0.4 is 0 Å². The van der Waals surface area contributed by atoms with E-state index in [0.29, 0.717) is 0 Å². The van der Waals surface area contributed by atoms with E-state index in [1.54, 1.807) is 0 Å². The van der Waals surface area contributed by atoms with Gasteiger partial charge in [-0.3, -0.25) is 0 Å². The molecule has 0 heterocycles. The van der Waals surface area contributed by atoms with E-state index >= 15 is 0 Å². The Kier molecular flexibility index (Phi) is 3.38. The van der Waals surface area contributed by atoms with Crippen molar-refractivity contribution in [2.24, 2.45) is 0 Å². The van der Waals surface area contributed by atoms with E-state index in [1.807, 2.05) is 48.7 Å². The Hall–Kier alpha value is -0.243. The predicted octanol–water partition coefficient (Wildman–Crippen LogP) is 3.79. The molecule has 0 radical (unpaired) electrons. The van der Waals surface area contributed by atoms with Gasteiger partial charge in [-0.05, 0) is 12.1 Å². The van der Waals surface area contributed by atoms with Crippen molar-refractivity contribution < 1.29 is 0 Å². The molecule has 0 saturated heterocycles. The fraction of sp³-hybridized carbons (Fsp3) is 0.111. The van der Waals surface area contributed by atoms with Crippen molar-refractivity contribution in [1.82, 2.24) is 0 Å². The molecule has 0 spiro atoms. The third-order valence-electron chi connectivity index (χ3n) is 1.37. The van der Waals surface area contributed by atoms with Crippen LogP contribution in [0.5, 0.6) is 0 Å². The first-order chi connectivity index (χ1) is 5.58. The van der Waals surface area contributed by atoms with Crippen LogP contribution in [-0.4, -0.2) is 6.69 Å². The van der Waals surface area contributed by atoms with Gasteiger partial charge in [-0.1, -0.05) is 42.1 Å². The molecule has 0 saturated carbocycles. The first-order valence-electron chi connectivity index (χ1n) is 3.70. The summed E-state index contributed by atoms with van der Waals surface area (Å²) in [5, 5.41) is 0. The fourth-order valence-corrected chi connectivity index (χ4v) is 1.67. The molecular formula is C9H10Cl2Si. The molecule has 1 aromatic rings. The molecule has 64 valence electrons. The zero-order valence-electron chi connectivity index (χ0n) is 6.80. The monoisotopic (exact) mass is 216 g/mol. The first kappa shape index (κ1) is 9.84. The summed E-state index contributed by atoms with van der Waals surface area (Å²) in [6, 6.07) is 9.99. The number of benzene rings is 1. The van der Waals surface area contributed by atoms with Gasteiger partial charge < -0.3 is 0 Å². The van der Waals surface area contributed by atoms with E-state index in [4.69, 9.17) is 22.2 Å². The molecule has 3 heteroatoms. The molecule has 0 aliphatic heterocycles. The van der Waals surface area contributed by atoms with Crippen molar-refractivity contribution in [2.75, 3.05) is 0 Å². The molecule has 0 unspecified atom stereocenters. The first-order valence-corrected chi connectivity index (χ1v) is 8.30. The van der Waals surface area contributed by atoms with Gasteiger partial charge in [0.2, 0.25) is 0 Å². The minimum Gasteiger partial charge on any atom is -0.141 e. The van der Waals surface area contributed by atoms with Crippen molar-refractivity contribution in [3.8, 4) is 0 Å². The van der Waals surface area contributed by atoms with Gasteiger partial charge in [0, 0.05) is 0 Å². The zero-order valence-corrected chi connectivity index (χ0v) is 9.31. The third-order valence-corrected chi connectivity index (χ3v) is 2.88. The van der Waals surface area contributed by atoms with Gasteiger partial charge in [0.15, 0.2) is 0 Å². The van der Waals surface area contributed by atoms with Gasteiger partial charge in [-0.25, -0.2) is 0 Å². The molecule has 0 amide bonds. The van der Waals surface area contributed by atoms with Crippen LogP contribution in [0, 0.1) is 0 Å². The van der Waals surface area contributed by atoms with E-state index in [-0.39, 0.29) is 0 Å². The maximum atomic E-state index is 5.90. The summed E-state index contributed by atoms with van der Waals surface area (Å²) in [5.41, 5.74) is 3.03. The van der Waals surface area contributed by atoms with Crippen LogP contribution in [0.25, 0.3) is 6.08 Å². The molecule has 12 heavy (non-hydrogen) atoms. The van der Waals surface area contributed by atoms with Gasteiger partial charge >= 0.3 is 0 Å². The van der Waals surface area contributed by atoms with Gasteiger partial charge in [0.25, 0.3) is 6.69 Å². The molecule has 0 N–H and O–H groups in total. The Morgan fingerprint density at radius 1 is 1.17 bits per heavy atom. The van der Waals surface area contributed by atoms with Crippen LogP contribution in [0.2, 0.25) is 6.55 Å². The maximum absolute atomic E-state index is 5.90. The van der Waals surface area contributed by atoms with E-state index in [2.05, 4.69) is 0 Å². The minimum absolute atomic E-state index is 1.14. The van der Waals surface area contributed by atoms with Crippen molar-refractivity contribution in [2.45, 2.75) is 6.55 Å². The highest BCUT2D eigenvalue weighted by Gasteiger charge is 2.14. The Morgan fingerprint density at radius 2 is 1.75 bits per heavy atom. The van der Waals surface area contributed by atoms with Crippen LogP contribution in [-0.2, 0) is 0 Å². The molecule has 0 atom stereocenters. The zero-order chi connectivity index (χ0) is 9.03. The number of halogens is 2. The highest BCUT2D eigenvalue weighted by Crippen LogP contribution is 2.16. The van der Waals surface area contributed by atoms with Crippen LogP contribution in [0.1, 0.15) is 5.56 Å². The number of hydrogen-bond donors (Lipinski definition) is 0. The smallest absolute Gasteiger partial charge is 0.141 e. The summed E-state index contributed by atoms with van der Waals surface area (Å²) in [6.07, 6.45) is 1.96. The number of rotatable bonds is 2. The van der Waals surface area contributed by atoms with Crippen molar-refractivity contribution in [3.63, 3.8) is 0 Å². The summed E-state index contributed by atoms with van der Waals surface area (Å²) < 4.78 is 0. The van der Waals surface area contributed by atoms with Crippen LogP contribution >= 0.6 is 22.2 Å². The summed E-state index contributed by atoms with van der Waals surface area (Å²) in [4.78, 5) is 0. The summed E-state index contributed by atoms with van der Waals surface area (Å²) in [6.45, 7) is -0.206. The summed E-state index contributed by atoms with van der Waals surface area (Å²) in [5.74, 6) is 0. The number of hydrogen-bond acceptors (Lipinski definition) is 0. The van der Waals surface area contributed by atoms with Crippen LogP contribution in [0.15, 0.2) is 36.0 Å². The van der Waals surface area contributed by atoms with Crippen molar-refractivity contribution in [3.05, 3.63) is 41.6 Å². The molecule has 0 aliphatic carbocycles. The Labute approximate surface area is 83.2 Å². The molecule has 0 bridgehead atoms. The van der Waals surface area contributed by atoms with Crippen LogP contribution in [0.4, 0.5) is 0 Å². The summed E-state index contributed by atoms with van der Waals surface area (Å²) in [7, 11) is 0. The van der Waals surface area contributed by atoms with E-state index in [9.17, 15) is 0 Å². The van der Waals surface area contributed by atoms with Crippen molar-refractivity contribution in [1.29, 1.82) is 0 Å². The lowest BCUT2D eigenvalue weighted by molar-refractivity contribution is 1.66. The SMILES string of the molecule is C[Si](Cl)(Cl)C=Cc1ccccc1. The van der Waals surface area contributed by atoms with Crippen molar-refractivity contribution >= 4 is 34.9 Å². The Morgan fingerprint density at radius 3 is 2.25 bits per heavy atom. The third kappa shape index (κ3) is 3.95. The molecule has 1 rings (SSSR count). The molecule has 0 fully saturated rings. The van der Waals surface area contributed by atoms with Gasteiger partial charge in [0.05, 0.1) is 0 Å². The molecule has 0 aromatic heterocycles. The van der Waals surface area contributed by atoms with Gasteiger partial charge in [0.1, 0.15) is 0 Å². The average molecular weight is 217 g/mol. The normalized spacial score (nSPS) is 12.2. The second kappa shape index (κ2) is 4.12. The van der Waals surface area contributed by atoms with Gasteiger partial charge in [-0.15, -0.1) is 22.2 Å². The van der Waals surface area contributed by atoms with E-state index in [0.717, 1.165) is 5.56 Å².